The Labute approximate surface area is 127 Å². The molecule has 1 aliphatic heterocycles. The zero-order valence-electron chi connectivity index (χ0n) is 13.2. The van der Waals surface area contributed by atoms with Crippen LogP contribution < -0.4 is 5.73 Å². The van der Waals surface area contributed by atoms with E-state index in [1.165, 1.54) is 28.5 Å². The topological polar surface area (TPSA) is 45.0 Å². The second-order valence-corrected chi connectivity index (χ2v) is 6.36. The van der Waals surface area contributed by atoms with Crippen LogP contribution in [0.3, 0.4) is 0 Å². The van der Waals surface area contributed by atoms with E-state index < -0.39 is 0 Å². The first-order valence-electron chi connectivity index (χ1n) is 8.28. The Bertz CT molecular complexity index is 602. The van der Waals surface area contributed by atoms with Crippen LogP contribution in [-0.2, 0) is 13.0 Å². The molecule has 1 aromatic heterocycles. The minimum absolute atomic E-state index is 0.390. The van der Waals surface area contributed by atoms with Crippen molar-refractivity contribution >= 4 is 10.9 Å². The molecule has 21 heavy (non-hydrogen) atoms. The van der Waals surface area contributed by atoms with Crippen molar-refractivity contribution in [3.63, 3.8) is 0 Å². The number of benzene rings is 1. The molecular formula is C18H27N3. The van der Waals surface area contributed by atoms with E-state index in [0.29, 0.717) is 12.0 Å². The maximum absolute atomic E-state index is 6.22. The lowest BCUT2D eigenvalue weighted by Gasteiger charge is -2.36. The van der Waals surface area contributed by atoms with Gasteiger partial charge in [-0.05, 0) is 36.4 Å². The Balaban J connectivity index is 1.79. The summed E-state index contributed by atoms with van der Waals surface area (Å²) in [5, 5.41) is 1.39. The zero-order valence-corrected chi connectivity index (χ0v) is 13.2. The first-order valence-corrected chi connectivity index (χ1v) is 8.28. The third-order valence-electron chi connectivity index (χ3n) is 5.06. The molecule has 114 valence electrons. The van der Waals surface area contributed by atoms with Gasteiger partial charge in [-0.2, -0.15) is 0 Å². The van der Waals surface area contributed by atoms with Crippen molar-refractivity contribution in [3.8, 4) is 0 Å². The van der Waals surface area contributed by atoms with Crippen LogP contribution in [0.4, 0.5) is 0 Å². The van der Waals surface area contributed by atoms with Gasteiger partial charge in [-0.15, -0.1) is 0 Å². The molecule has 2 heterocycles. The minimum Gasteiger partial charge on any atom is -0.361 e. The molecule has 1 fully saturated rings. The van der Waals surface area contributed by atoms with Crippen molar-refractivity contribution < 1.29 is 0 Å². The summed E-state index contributed by atoms with van der Waals surface area (Å²) < 4.78 is 0. The lowest BCUT2D eigenvalue weighted by atomic mass is 9.90. The van der Waals surface area contributed by atoms with Crippen LogP contribution in [0.5, 0.6) is 0 Å². The van der Waals surface area contributed by atoms with E-state index >= 15 is 0 Å². The van der Waals surface area contributed by atoms with E-state index in [1.807, 2.05) is 0 Å². The standard InChI is InChI=1S/C18H27N3/c1-3-13-6-5-7-16-15(10-20-18(13)16)12-21-9-8-17(19)14(4-2)11-21/h5-7,10,14,17,20H,3-4,8-9,11-12,19H2,1-2H3. The van der Waals surface area contributed by atoms with Crippen molar-refractivity contribution in [2.45, 2.75) is 45.7 Å². The normalized spacial score (nSPS) is 23.8. The fourth-order valence-electron chi connectivity index (χ4n) is 3.64. The highest BCUT2D eigenvalue weighted by molar-refractivity contribution is 5.86. The third kappa shape index (κ3) is 2.85. The quantitative estimate of drug-likeness (QED) is 0.905. The van der Waals surface area contributed by atoms with E-state index in [1.54, 1.807) is 0 Å². The fraction of sp³-hybridized carbons (Fsp3) is 0.556. The molecule has 0 bridgehead atoms. The number of piperidine rings is 1. The molecule has 0 radical (unpaired) electrons. The fourth-order valence-corrected chi connectivity index (χ4v) is 3.64. The van der Waals surface area contributed by atoms with Crippen LogP contribution in [0.15, 0.2) is 24.4 Å². The highest BCUT2D eigenvalue weighted by Crippen LogP contribution is 2.26. The summed E-state index contributed by atoms with van der Waals surface area (Å²) in [6.45, 7) is 7.77. The zero-order chi connectivity index (χ0) is 14.8. The van der Waals surface area contributed by atoms with Crippen LogP contribution in [-0.4, -0.2) is 29.0 Å². The molecule has 2 aromatic rings. The minimum atomic E-state index is 0.390. The number of H-pyrrole nitrogens is 1. The number of aromatic amines is 1. The number of nitrogens with two attached hydrogens (primary N) is 1. The molecule has 3 nitrogen and oxygen atoms in total. The van der Waals surface area contributed by atoms with Crippen molar-refractivity contribution in [2.75, 3.05) is 13.1 Å². The second kappa shape index (κ2) is 6.20. The van der Waals surface area contributed by atoms with Crippen LogP contribution in [0, 0.1) is 5.92 Å². The molecule has 0 amide bonds. The van der Waals surface area contributed by atoms with Crippen molar-refractivity contribution in [3.05, 3.63) is 35.5 Å². The number of aromatic nitrogens is 1. The lowest BCUT2D eigenvalue weighted by molar-refractivity contribution is 0.146. The van der Waals surface area contributed by atoms with Crippen LogP contribution in [0.1, 0.15) is 37.8 Å². The Morgan fingerprint density at radius 2 is 2.14 bits per heavy atom. The van der Waals surface area contributed by atoms with E-state index in [2.05, 4.69) is 48.1 Å². The average molecular weight is 285 g/mol. The van der Waals surface area contributed by atoms with Gasteiger partial charge in [0.25, 0.3) is 0 Å². The first kappa shape index (κ1) is 14.6. The van der Waals surface area contributed by atoms with Gasteiger partial charge < -0.3 is 10.7 Å². The van der Waals surface area contributed by atoms with Crippen LogP contribution in [0.25, 0.3) is 10.9 Å². The molecule has 0 aliphatic carbocycles. The number of hydrogen-bond acceptors (Lipinski definition) is 2. The molecule has 3 N–H and O–H groups in total. The maximum Gasteiger partial charge on any atom is 0.0489 e. The van der Waals surface area contributed by atoms with E-state index in [-0.39, 0.29) is 0 Å². The Morgan fingerprint density at radius 1 is 1.29 bits per heavy atom. The average Bonchev–Trinajstić information content (AvgIpc) is 2.92. The predicted molar refractivity (Wildman–Crippen MR) is 89.3 cm³/mol. The summed E-state index contributed by atoms with van der Waals surface area (Å²) in [5.41, 5.74) is 10.4. The molecule has 3 rings (SSSR count). The van der Waals surface area contributed by atoms with Gasteiger partial charge in [-0.1, -0.05) is 38.5 Å². The number of fused-ring (bicyclic) bond motifs is 1. The molecule has 1 saturated heterocycles. The van der Waals surface area contributed by atoms with Crippen molar-refractivity contribution in [2.24, 2.45) is 11.7 Å². The summed E-state index contributed by atoms with van der Waals surface area (Å²) in [5.74, 6) is 0.648. The number of likely N-dealkylation sites (tertiary alicyclic amines) is 1. The van der Waals surface area contributed by atoms with Gasteiger partial charge in [0.1, 0.15) is 0 Å². The van der Waals surface area contributed by atoms with Gasteiger partial charge in [0.2, 0.25) is 0 Å². The summed E-state index contributed by atoms with van der Waals surface area (Å²) in [6, 6.07) is 7.03. The van der Waals surface area contributed by atoms with E-state index in [0.717, 1.165) is 32.5 Å². The van der Waals surface area contributed by atoms with Crippen molar-refractivity contribution in [1.82, 2.24) is 9.88 Å². The predicted octanol–water partition coefficient (Wildman–Crippen LogP) is 3.29. The highest BCUT2D eigenvalue weighted by atomic mass is 15.1. The lowest BCUT2D eigenvalue weighted by Crippen LogP contribution is -2.46. The molecule has 2 atom stereocenters. The monoisotopic (exact) mass is 285 g/mol. The van der Waals surface area contributed by atoms with E-state index in [9.17, 15) is 0 Å². The largest absolute Gasteiger partial charge is 0.361 e. The van der Waals surface area contributed by atoms with Gasteiger partial charge in [0.05, 0.1) is 0 Å². The SMILES string of the molecule is CCc1cccc2c(CN3CCC(N)C(CC)C3)c[nH]c12. The van der Waals surface area contributed by atoms with Crippen LogP contribution >= 0.6 is 0 Å². The van der Waals surface area contributed by atoms with E-state index in [4.69, 9.17) is 5.73 Å². The Kier molecular flexibility index (Phi) is 4.32. The molecule has 1 aromatic carbocycles. The maximum atomic E-state index is 6.22. The Morgan fingerprint density at radius 3 is 2.90 bits per heavy atom. The summed E-state index contributed by atoms with van der Waals surface area (Å²) in [6.07, 6.45) is 5.58. The summed E-state index contributed by atoms with van der Waals surface area (Å²) >= 11 is 0. The second-order valence-electron chi connectivity index (χ2n) is 6.36. The Hall–Kier alpha value is -1.32. The van der Waals surface area contributed by atoms with Gasteiger partial charge in [-0.3, -0.25) is 4.90 Å². The molecule has 0 spiro atoms. The summed E-state index contributed by atoms with van der Waals surface area (Å²) in [4.78, 5) is 6.05. The van der Waals surface area contributed by atoms with Crippen molar-refractivity contribution in [1.29, 1.82) is 0 Å². The number of nitrogens with zero attached hydrogens (tertiary/aromatic N) is 1. The van der Waals surface area contributed by atoms with Gasteiger partial charge >= 0.3 is 0 Å². The molecular weight excluding hydrogens is 258 g/mol. The number of nitrogens with one attached hydrogen (secondary N) is 1. The van der Waals surface area contributed by atoms with Gasteiger partial charge in [0.15, 0.2) is 0 Å². The first-order chi connectivity index (χ1) is 10.2. The van der Waals surface area contributed by atoms with Gasteiger partial charge in [-0.25, -0.2) is 0 Å². The molecule has 0 saturated carbocycles. The number of rotatable bonds is 4. The highest BCUT2D eigenvalue weighted by Gasteiger charge is 2.25. The molecule has 2 unspecified atom stereocenters. The molecule has 1 aliphatic rings. The van der Waals surface area contributed by atoms with Gasteiger partial charge in [0, 0.05) is 36.2 Å². The third-order valence-corrected chi connectivity index (χ3v) is 5.06. The number of hydrogen-bond donors (Lipinski definition) is 2. The number of aryl methyl sites for hydroxylation is 1. The number of para-hydroxylation sites is 1. The van der Waals surface area contributed by atoms with Crippen LogP contribution in [0.2, 0.25) is 0 Å². The smallest absolute Gasteiger partial charge is 0.0489 e. The molecule has 3 heteroatoms. The summed E-state index contributed by atoms with van der Waals surface area (Å²) in [7, 11) is 0.